The van der Waals surface area contributed by atoms with Crippen molar-refractivity contribution < 1.29 is 17.9 Å². The van der Waals surface area contributed by atoms with E-state index in [1.807, 2.05) is 0 Å². The van der Waals surface area contributed by atoms with E-state index in [1.54, 1.807) is 0 Å². The van der Waals surface area contributed by atoms with Crippen LogP contribution in [0.15, 0.2) is 0 Å². The van der Waals surface area contributed by atoms with Crippen molar-refractivity contribution in [3.63, 3.8) is 0 Å². The maximum Gasteiger partial charge on any atom is 0.391 e. The molecule has 0 spiro atoms. The first-order valence-electron chi connectivity index (χ1n) is 4.93. The molecule has 2 atom stereocenters. The van der Waals surface area contributed by atoms with Crippen molar-refractivity contribution in [3.8, 4) is 0 Å². The molecule has 0 heterocycles. The molecule has 0 saturated heterocycles. The minimum absolute atomic E-state index is 0.0861. The van der Waals surface area contributed by atoms with Gasteiger partial charge in [0.2, 0.25) is 0 Å². The van der Waals surface area contributed by atoms with E-state index in [4.69, 9.17) is 10.5 Å². The van der Waals surface area contributed by atoms with Crippen molar-refractivity contribution in [2.24, 2.45) is 5.73 Å². The highest BCUT2D eigenvalue weighted by Gasteiger charge is 2.28. The molecular formula is C9H16F3NO. The summed E-state index contributed by atoms with van der Waals surface area (Å²) in [6.45, 7) is -0.262. The van der Waals surface area contributed by atoms with Crippen molar-refractivity contribution in [1.29, 1.82) is 0 Å². The van der Waals surface area contributed by atoms with Crippen molar-refractivity contribution >= 4 is 0 Å². The molecule has 84 valence electrons. The third-order valence-corrected chi connectivity index (χ3v) is 2.47. The van der Waals surface area contributed by atoms with Crippen LogP contribution in [0.1, 0.15) is 32.1 Å². The molecular weight excluding hydrogens is 195 g/mol. The maximum absolute atomic E-state index is 11.8. The molecule has 2 nitrogen and oxygen atoms in total. The summed E-state index contributed by atoms with van der Waals surface area (Å²) in [5.41, 5.74) is 5.72. The molecule has 1 aliphatic rings. The highest BCUT2D eigenvalue weighted by atomic mass is 19.4. The van der Waals surface area contributed by atoms with E-state index < -0.39 is 12.6 Å². The predicted molar refractivity (Wildman–Crippen MR) is 46.9 cm³/mol. The third kappa shape index (κ3) is 4.28. The quantitative estimate of drug-likeness (QED) is 0.776. The lowest BCUT2D eigenvalue weighted by Gasteiger charge is -2.28. The number of nitrogens with two attached hydrogens (primary N) is 1. The van der Waals surface area contributed by atoms with Gasteiger partial charge in [-0.3, -0.25) is 0 Å². The Morgan fingerprint density at radius 3 is 2.43 bits per heavy atom. The summed E-state index contributed by atoms with van der Waals surface area (Å²) in [5, 5.41) is 0. The van der Waals surface area contributed by atoms with Gasteiger partial charge < -0.3 is 10.5 Å². The van der Waals surface area contributed by atoms with Crippen molar-refractivity contribution in [2.45, 2.75) is 50.4 Å². The van der Waals surface area contributed by atoms with Crippen molar-refractivity contribution in [3.05, 3.63) is 0 Å². The first-order chi connectivity index (χ1) is 6.49. The van der Waals surface area contributed by atoms with Crippen LogP contribution in [0.5, 0.6) is 0 Å². The smallest absolute Gasteiger partial charge is 0.376 e. The Balaban J connectivity index is 2.17. The van der Waals surface area contributed by atoms with Gasteiger partial charge in [0.1, 0.15) is 0 Å². The largest absolute Gasteiger partial charge is 0.391 e. The lowest BCUT2D eigenvalue weighted by Crippen LogP contribution is -2.39. The van der Waals surface area contributed by atoms with Crippen LogP contribution in [-0.2, 0) is 4.74 Å². The van der Waals surface area contributed by atoms with Crippen molar-refractivity contribution in [1.82, 2.24) is 0 Å². The van der Waals surface area contributed by atoms with E-state index in [0.29, 0.717) is 0 Å². The zero-order valence-corrected chi connectivity index (χ0v) is 8.02. The Morgan fingerprint density at radius 1 is 1.21 bits per heavy atom. The molecule has 2 N–H and O–H groups in total. The summed E-state index contributed by atoms with van der Waals surface area (Å²) < 4.78 is 40.5. The van der Waals surface area contributed by atoms with Gasteiger partial charge in [-0.1, -0.05) is 12.8 Å². The average molecular weight is 211 g/mol. The third-order valence-electron chi connectivity index (χ3n) is 2.47. The van der Waals surface area contributed by atoms with Gasteiger partial charge in [0.15, 0.2) is 0 Å². The second-order valence-electron chi connectivity index (χ2n) is 3.72. The summed E-state index contributed by atoms with van der Waals surface area (Å²) in [6, 6.07) is -0.0861. The predicted octanol–water partition coefficient (Wildman–Crippen LogP) is 2.23. The molecule has 0 aliphatic heterocycles. The number of halogens is 3. The minimum atomic E-state index is -4.13. The second-order valence-corrected chi connectivity index (χ2v) is 3.72. The molecule has 0 radical (unpaired) electrons. The molecule has 1 aliphatic carbocycles. The number of ether oxygens (including phenoxy) is 1. The van der Waals surface area contributed by atoms with Gasteiger partial charge in [-0.2, -0.15) is 13.2 Å². The standard InChI is InChI=1S/C9H16F3NO/c10-9(11,12)5-6-14-8-4-2-1-3-7(8)13/h7-8H,1-6,13H2. The van der Waals surface area contributed by atoms with Gasteiger partial charge in [0, 0.05) is 6.04 Å². The van der Waals surface area contributed by atoms with E-state index in [1.165, 1.54) is 0 Å². The fourth-order valence-corrected chi connectivity index (χ4v) is 1.66. The number of alkyl halides is 3. The lowest BCUT2D eigenvalue weighted by molar-refractivity contribution is -0.150. The van der Waals surface area contributed by atoms with E-state index in [2.05, 4.69) is 0 Å². The zero-order valence-electron chi connectivity index (χ0n) is 8.02. The molecule has 0 aromatic rings. The average Bonchev–Trinajstić information content (AvgIpc) is 2.06. The normalized spacial score (nSPS) is 29.1. The Morgan fingerprint density at radius 2 is 1.86 bits per heavy atom. The SMILES string of the molecule is NC1CCCCC1OCCC(F)(F)F. The Kier molecular flexibility index (Phi) is 4.19. The van der Waals surface area contributed by atoms with Gasteiger partial charge >= 0.3 is 6.18 Å². The fraction of sp³-hybridized carbons (Fsp3) is 1.00. The highest BCUT2D eigenvalue weighted by Crippen LogP contribution is 2.23. The van der Waals surface area contributed by atoms with Crippen molar-refractivity contribution in [2.75, 3.05) is 6.61 Å². The molecule has 1 saturated carbocycles. The van der Waals surface area contributed by atoms with Crippen LogP contribution < -0.4 is 5.73 Å². The first-order valence-corrected chi connectivity index (χ1v) is 4.93. The van der Waals surface area contributed by atoms with Gasteiger partial charge in [0.05, 0.1) is 19.1 Å². The molecule has 1 fully saturated rings. The van der Waals surface area contributed by atoms with E-state index >= 15 is 0 Å². The lowest BCUT2D eigenvalue weighted by atomic mass is 9.93. The number of hydrogen-bond acceptors (Lipinski definition) is 2. The van der Waals surface area contributed by atoms with Gasteiger partial charge in [-0.25, -0.2) is 0 Å². The topological polar surface area (TPSA) is 35.2 Å². The highest BCUT2D eigenvalue weighted by molar-refractivity contribution is 4.78. The Labute approximate surface area is 81.6 Å². The molecule has 0 amide bonds. The summed E-state index contributed by atoms with van der Waals surface area (Å²) in [6.07, 6.45) is -1.47. The summed E-state index contributed by atoms with van der Waals surface area (Å²) in [5.74, 6) is 0. The van der Waals surface area contributed by atoms with Gasteiger partial charge in [0.25, 0.3) is 0 Å². The monoisotopic (exact) mass is 211 g/mol. The summed E-state index contributed by atoms with van der Waals surface area (Å²) in [7, 11) is 0. The van der Waals surface area contributed by atoms with Crippen LogP contribution in [0, 0.1) is 0 Å². The van der Waals surface area contributed by atoms with Crippen LogP contribution in [-0.4, -0.2) is 24.9 Å². The molecule has 1 rings (SSSR count). The minimum Gasteiger partial charge on any atom is -0.376 e. The maximum atomic E-state index is 11.8. The van der Waals surface area contributed by atoms with Crippen LogP contribution in [0.2, 0.25) is 0 Å². The van der Waals surface area contributed by atoms with Crippen LogP contribution in [0.4, 0.5) is 13.2 Å². The van der Waals surface area contributed by atoms with Crippen LogP contribution >= 0.6 is 0 Å². The summed E-state index contributed by atoms with van der Waals surface area (Å²) in [4.78, 5) is 0. The molecule has 5 heteroatoms. The van der Waals surface area contributed by atoms with E-state index in [-0.39, 0.29) is 18.8 Å². The van der Waals surface area contributed by atoms with Crippen LogP contribution in [0.25, 0.3) is 0 Å². The molecule has 0 aromatic carbocycles. The van der Waals surface area contributed by atoms with Gasteiger partial charge in [-0.15, -0.1) is 0 Å². The second kappa shape index (κ2) is 4.98. The van der Waals surface area contributed by atoms with E-state index in [0.717, 1.165) is 25.7 Å². The van der Waals surface area contributed by atoms with Gasteiger partial charge in [-0.05, 0) is 12.8 Å². The fourth-order valence-electron chi connectivity index (χ4n) is 1.66. The molecule has 2 unspecified atom stereocenters. The van der Waals surface area contributed by atoms with Crippen LogP contribution in [0.3, 0.4) is 0 Å². The Hall–Kier alpha value is -0.290. The number of hydrogen-bond donors (Lipinski definition) is 1. The number of rotatable bonds is 3. The summed E-state index contributed by atoms with van der Waals surface area (Å²) >= 11 is 0. The first kappa shape index (κ1) is 11.8. The molecule has 0 bridgehead atoms. The van der Waals surface area contributed by atoms with E-state index in [9.17, 15) is 13.2 Å². The molecule has 0 aromatic heterocycles. The Bertz CT molecular complexity index is 172. The molecule has 14 heavy (non-hydrogen) atoms. The zero-order chi connectivity index (χ0) is 10.6.